The molecule has 3 atom stereocenters. The summed E-state index contributed by atoms with van der Waals surface area (Å²) in [5, 5.41) is 23.4. The number of imidazole rings is 1. The van der Waals surface area contributed by atoms with Crippen molar-refractivity contribution in [2.24, 2.45) is 5.92 Å². The van der Waals surface area contributed by atoms with Gasteiger partial charge >= 0.3 is 0 Å². The van der Waals surface area contributed by atoms with Gasteiger partial charge in [0.2, 0.25) is 23.6 Å². The van der Waals surface area contributed by atoms with E-state index >= 15 is 0 Å². The molecule has 0 saturated heterocycles. The highest BCUT2D eigenvalue weighted by molar-refractivity contribution is 7.15. The molecule has 0 saturated carbocycles. The molecule has 0 radical (unpaired) electrons. The van der Waals surface area contributed by atoms with Gasteiger partial charge in [-0.25, -0.2) is 4.98 Å². The number of fused-ring (bicyclic) bond motifs is 4. The van der Waals surface area contributed by atoms with Gasteiger partial charge in [-0.2, -0.15) is 0 Å². The highest BCUT2D eigenvalue weighted by atomic mass is 32.1. The van der Waals surface area contributed by atoms with Gasteiger partial charge < -0.3 is 45.5 Å². The Labute approximate surface area is 322 Å². The van der Waals surface area contributed by atoms with Crippen molar-refractivity contribution in [3.05, 3.63) is 71.0 Å². The molecule has 5 rings (SSSR count). The average Bonchev–Trinajstić information content (AvgIpc) is 3.76. The number of ether oxygens (including phenoxy) is 3. The lowest BCUT2D eigenvalue weighted by atomic mass is 10.0. The van der Waals surface area contributed by atoms with Gasteiger partial charge in [0, 0.05) is 36.4 Å². The van der Waals surface area contributed by atoms with Crippen LogP contribution in [0.2, 0.25) is 0 Å². The second-order valence-electron chi connectivity index (χ2n) is 13.4. The van der Waals surface area contributed by atoms with E-state index in [1.54, 1.807) is 56.4 Å². The SMILES string of the molecule is COc1ccc2cc1Oc1cccc(OC)c1CNC(=O)[C@@H](C(C)C)NC(=O)[C@H]([C@@H](C)O)NC(=O)CN(C(=O)Cc1cn3ccsc3n1)CCCCNC2=O. The van der Waals surface area contributed by atoms with E-state index in [-0.39, 0.29) is 43.6 Å². The Hall–Kier alpha value is -5.68. The molecule has 0 spiro atoms. The van der Waals surface area contributed by atoms with Gasteiger partial charge in [0.25, 0.3) is 5.91 Å². The number of aliphatic hydroxyl groups excluding tert-OH is 1. The summed E-state index contributed by atoms with van der Waals surface area (Å²) >= 11 is 1.43. The van der Waals surface area contributed by atoms with Crippen LogP contribution >= 0.6 is 11.3 Å². The van der Waals surface area contributed by atoms with Crippen molar-refractivity contribution >= 4 is 45.8 Å². The molecule has 294 valence electrons. The average molecular weight is 778 g/mol. The lowest BCUT2D eigenvalue weighted by molar-refractivity contribution is -0.138. The topological polar surface area (TPSA) is 202 Å². The minimum atomic E-state index is -1.44. The molecule has 4 aromatic rings. The van der Waals surface area contributed by atoms with Crippen LogP contribution in [0.3, 0.4) is 0 Å². The highest BCUT2D eigenvalue weighted by Crippen LogP contribution is 2.37. The molecule has 2 aromatic heterocycles. The summed E-state index contributed by atoms with van der Waals surface area (Å²) in [7, 11) is 2.95. The van der Waals surface area contributed by atoms with E-state index in [2.05, 4.69) is 26.3 Å². The number of carbonyl (C=O) groups excluding carboxylic acids is 5. The molecule has 5 N–H and O–H groups in total. The third-order valence-electron chi connectivity index (χ3n) is 9.03. The molecule has 3 heterocycles. The second-order valence-corrected chi connectivity index (χ2v) is 14.3. The van der Waals surface area contributed by atoms with Gasteiger partial charge in [-0.05, 0) is 56.0 Å². The largest absolute Gasteiger partial charge is 0.496 e. The van der Waals surface area contributed by atoms with Crippen LogP contribution in [0, 0.1) is 5.92 Å². The predicted molar refractivity (Wildman–Crippen MR) is 203 cm³/mol. The number of hydrogen-bond acceptors (Lipinski definition) is 11. The van der Waals surface area contributed by atoms with Crippen LogP contribution in [-0.2, 0) is 32.1 Å². The zero-order valence-electron chi connectivity index (χ0n) is 31.4. The van der Waals surface area contributed by atoms with E-state index in [0.29, 0.717) is 46.9 Å². The Balaban J connectivity index is 1.43. The van der Waals surface area contributed by atoms with Crippen molar-refractivity contribution < 1.29 is 43.3 Å². The number of amides is 5. The quantitative estimate of drug-likeness (QED) is 0.194. The summed E-state index contributed by atoms with van der Waals surface area (Å²) in [4.78, 5) is 74.1. The maximum absolute atomic E-state index is 13.6. The lowest BCUT2D eigenvalue weighted by Gasteiger charge is -2.28. The van der Waals surface area contributed by atoms with Gasteiger partial charge in [-0.3, -0.25) is 28.4 Å². The second kappa shape index (κ2) is 18.6. The Morgan fingerprint density at radius 2 is 1.76 bits per heavy atom. The van der Waals surface area contributed by atoms with E-state index in [0.717, 1.165) is 4.96 Å². The van der Waals surface area contributed by atoms with Gasteiger partial charge in [-0.15, -0.1) is 11.3 Å². The third-order valence-corrected chi connectivity index (χ3v) is 9.80. The number of aromatic nitrogens is 2. The minimum Gasteiger partial charge on any atom is -0.496 e. The van der Waals surface area contributed by atoms with Crippen molar-refractivity contribution in [3.8, 4) is 23.0 Å². The number of hydrogen-bond donors (Lipinski definition) is 5. The summed E-state index contributed by atoms with van der Waals surface area (Å²) in [6.07, 6.45) is 3.07. The van der Waals surface area contributed by atoms with E-state index < -0.39 is 48.4 Å². The van der Waals surface area contributed by atoms with Gasteiger partial charge in [0.1, 0.15) is 23.6 Å². The Morgan fingerprint density at radius 3 is 2.47 bits per heavy atom. The Bertz CT molecular complexity index is 1980. The number of nitrogens with zero attached hydrogens (tertiary/aromatic N) is 3. The molecule has 0 unspecified atom stereocenters. The van der Waals surface area contributed by atoms with Crippen molar-refractivity contribution in [2.75, 3.05) is 33.9 Å². The minimum absolute atomic E-state index is 0.0679. The smallest absolute Gasteiger partial charge is 0.251 e. The fraction of sp³-hybridized carbons (Fsp3) is 0.421. The highest BCUT2D eigenvalue weighted by Gasteiger charge is 2.32. The summed E-state index contributed by atoms with van der Waals surface area (Å²) in [6, 6.07) is 7.37. The van der Waals surface area contributed by atoms with Crippen LogP contribution < -0.4 is 35.5 Å². The number of nitrogens with one attached hydrogen (secondary N) is 4. The number of methoxy groups -OCH3 is 2. The van der Waals surface area contributed by atoms with Crippen molar-refractivity contribution in [3.63, 3.8) is 0 Å². The first-order chi connectivity index (χ1) is 26.4. The molecule has 0 aliphatic carbocycles. The zero-order valence-corrected chi connectivity index (χ0v) is 32.2. The Kier molecular flexibility index (Phi) is 13.7. The summed E-state index contributed by atoms with van der Waals surface area (Å²) in [5.41, 5.74) is 1.31. The summed E-state index contributed by atoms with van der Waals surface area (Å²) < 4.78 is 19.2. The number of rotatable bonds is 6. The molecule has 5 amide bonds. The third kappa shape index (κ3) is 10.3. The van der Waals surface area contributed by atoms with Crippen LogP contribution in [0.15, 0.2) is 54.2 Å². The van der Waals surface area contributed by atoms with Gasteiger partial charge in [0.15, 0.2) is 16.5 Å². The molecule has 17 heteroatoms. The monoisotopic (exact) mass is 777 g/mol. The van der Waals surface area contributed by atoms with Crippen molar-refractivity contribution in [1.29, 1.82) is 0 Å². The number of thiazole rings is 1. The number of benzene rings is 2. The standard InChI is InChI=1S/C38H47N7O9S/c1-22(2)33-36(50)40-19-26-27(52-4)9-8-10-28(26)54-30-17-24(11-12-29(30)53-5)35(49)39-13-6-7-14-44(21-31(47)42-34(23(3)46)37(51)43-33)32(48)18-25-20-45-15-16-55-38(45)41-25/h8-12,15-17,20,22-23,33-34,46H,6-7,13-14,18-19,21H2,1-5H3,(H,39,49)(H,40,50)(H,42,47)(H,43,51)/t23-,33-,34+/m1/s1. The van der Waals surface area contributed by atoms with Crippen LogP contribution in [0.1, 0.15) is 55.2 Å². The van der Waals surface area contributed by atoms with Crippen LogP contribution in [-0.4, -0.2) is 101 Å². The molecule has 1 aliphatic heterocycles. The van der Waals surface area contributed by atoms with Crippen LogP contribution in [0.25, 0.3) is 4.96 Å². The normalized spacial score (nSPS) is 18.6. The predicted octanol–water partition coefficient (Wildman–Crippen LogP) is 2.42. The van der Waals surface area contributed by atoms with E-state index in [4.69, 9.17) is 14.2 Å². The van der Waals surface area contributed by atoms with Crippen molar-refractivity contribution in [1.82, 2.24) is 35.6 Å². The van der Waals surface area contributed by atoms with Crippen molar-refractivity contribution in [2.45, 2.75) is 64.8 Å². The maximum Gasteiger partial charge on any atom is 0.251 e. The van der Waals surface area contributed by atoms with E-state index in [1.165, 1.54) is 37.4 Å². The number of aliphatic hydroxyl groups is 1. The molecule has 0 fully saturated rings. The number of carbonyl (C=O) groups is 5. The summed E-state index contributed by atoms with van der Waals surface area (Å²) in [6.45, 7) is 4.78. The molecule has 16 nitrogen and oxygen atoms in total. The molecule has 2 aromatic carbocycles. The molecular weight excluding hydrogens is 731 g/mol. The molecule has 2 bridgehead atoms. The fourth-order valence-corrected chi connectivity index (χ4v) is 6.75. The van der Waals surface area contributed by atoms with Crippen LogP contribution in [0.4, 0.5) is 0 Å². The Morgan fingerprint density at radius 1 is 0.982 bits per heavy atom. The first kappa shape index (κ1) is 40.5. The van der Waals surface area contributed by atoms with E-state index in [1.807, 2.05) is 16.0 Å². The van der Waals surface area contributed by atoms with E-state index in [9.17, 15) is 29.1 Å². The summed E-state index contributed by atoms with van der Waals surface area (Å²) in [5.74, 6) is -1.80. The molecule has 1 aliphatic rings. The lowest BCUT2D eigenvalue weighted by Crippen LogP contribution is -2.59. The zero-order chi connectivity index (χ0) is 39.6. The fourth-order valence-electron chi connectivity index (χ4n) is 6.04. The van der Waals surface area contributed by atoms with Gasteiger partial charge in [0.05, 0.1) is 51.1 Å². The maximum atomic E-state index is 13.6. The first-order valence-electron chi connectivity index (χ1n) is 17.9. The van der Waals surface area contributed by atoms with Gasteiger partial charge in [-0.1, -0.05) is 19.9 Å². The molecular formula is C38H47N7O9S. The van der Waals surface area contributed by atoms with Crippen LogP contribution in [0.5, 0.6) is 23.0 Å². The molecule has 55 heavy (non-hydrogen) atoms. The first-order valence-corrected chi connectivity index (χ1v) is 18.8.